The normalized spacial score (nSPS) is 12.7. The highest BCUT2D eigenvalue weighted by atomic mass is 32.2. The van der Waals surface area contributed by atoms with Crippen LogP contribution in [-0.4, -0.2) is 39.8 Å². The second-order valence-electron chi connectivity index (χ2n) is 4.34. The summed E-state index contributed by atoms with van der Waals surface area (Å²) in [7, 11) is -1.07. The molecule has 2 N–H and O–H groups in total. The Morgan fingerprint density at radius 3 is 2.48 bits per heavy atom. The molecule has 21 heavy (non-hydrogen) atoms. The zero-order chi connectivity index (χ0) is 16.0. The Bertz CT molecular complexity index is 599. The number of rotatable bonds is 8. The van der Waals surface area contributed by atoms with Crippen LogP contribution in [0.1, 0.15) is 19.8 Å². The molecule has 0 bridgehead atoms. The zero-order valence-electron chi connectivity index (χ0n) is 12.1. The van der Waals surface area contributed by atoms with Crippen molar-refractivity contribution < 1.29 is 27.8 Å². The van der Waals surface area contributed by atoms with Gasteiger partial charge in [0.05, 0.1) is 20.6 Å². The molecule has 0 aliphatic carbocycles. The van der Waals surface area contributed by atoms with Crippen molar-refractivity contribution in [3.63, 3.8) is 0 Å². The Hall–Kier alpha value is -1.80. The van der Waals surface area contributed by atoms with E-state index in [-0.39, 0.29) is 17.1 Å². The third kappa shape index (κ3) is 4.61. The molecule has 0 saturated carbocycles. The zero-order valence-corrected chi connectivity index (χ0v) is 12.9. The van der Waals surface area contributed by atoms with E-state index in [1.165, 1.54) is 32.4 Å². The molecule has 118 valence electrons. The van der Waals surface area contributed by atoms with E-state index in [2.05, 4.69) is 4.72 Å². The number of carboxylic acid groups (broad SMARTS) is 1. The lowest BCUT2D eigenvalue weighted by molar-refractivity contribution is -0.137. The fraction of sp³-hybridized carbons (Fsp3) is 0.462. The van der Waals surface area contributed by atoms with Gasteiger partial charge in [-0.25, -0.2) is 13.1 Å². The Kier molecular flexibility index (Phi) is 5.98. The average Bonchev–Trinajstić information content (AvgIpc) is 2.44. The molecule has 0 aromatic heterocycles. The fourth-order valence-corrected chi connectivity index (χ4v) is 3.23. The first-order valence-electron chi connectivity index (χ1n) is 6.30. The minimum atomic E-state index is -3.88. The van der Waals surface area contributed by atoms with E-state index in [1.54, 1.807) is 6.92 Å². The summed E-state index contributed by atoms with van der Waals surface area (Å²) < 4.78 is 37.1. The Balaban J connectivity index is 3.09. The lowest BCUT2D eigenvalue weighted by Crippen LogP contribution is -2.36. The number of carbonyl (C=O) groups is 1. The SMILES string of the molecule is CCC(CC(=O)O)NS(=O)(=O)c1ccc(OC)cc1OC. The second-order valence-corrected chi connectivity index (χ2v) is 6.02. The molecule has 1 unspecified atom stereocenters. The van der Waals surface area contributed by atoms with Crippen LogP contribution in [0.5, 0.6) is 11.5 Å². The van der Waals surface area contributed by atoms with Gasteiger partial charge in [0.25, 0.3) is 0 Å². The highest BCUT2D eigenvalue weighted by Gasteiger charge is 2.24. The number of carboxylic acids is 1. The molecule has 0 saturated heterocycles. The number of benzene rings is 1. The summed E-state index contributed by atoms with van der Waals surface area (Å²) in [5.74, 6) is -0.471. The fourth-order valence-electron chi connectivity index (χ4n) is 1.76. The first-order valence-corrected chi connectivity index (χ1v) is 7.78. The predicted octanol–water partition coefficient (Wildman–Crippen LogP) is 1.24. The van der Waals surface area contributed by atoms with Crippen LogP contribution < -0.4 is 14.2 Å². The Morgan fingerprint density at radius 1 is 1.33 bits per heavy atom. The summed E-state index contributed by atoms with van der Waals surface area (Å²) in [5.41, 5.74) is 0. The topological polar surface area (TPSA) is 102 Å². The number of ether oxygens (including phenoxy) is 2. The number of methoxy groups -OCH3 is 2. The van der Waals surface area contributed by atoms with Crippen LogP contribution >= 0.6 is 0 Å². The van der Waals surface area contributed by atoms with Crippen molar-refractivity contribution in [2.24, 2.45) is 0 Å². The van der Waals surface area contributed by atoms with Crippen molar-refractivity contribution in [1.29, 1.82) is 0 Å². The van der Waals surface area contributed by atoms with Crippen LogP contribution in [0.4, 0.5) is 0 Å². The molecule has 0 spiro atoms. The smallest absolute Gasteiger partial charge is 0.304 e. The maximum atomic E-state index is 12.3. The number of hydrogen-bond acceptors (Lipinski definition) is 5. The summed E-state index contributed by atoms with van der Waals surface area (Å²) in [5, 5.41) is 8.78. The van der Waals surface area contributed by atoms with Gasteiger partial charge in [0.1, 0.15) is 16.4 Å². The summed E-state index contributed by atoms with van der Waals surface area (Å²) in [6.45, 7) is 1.71. The van der Waals surface area contributed by atoms with Crippen LogP contribution in [0.2, 0.25) is 0 Å². The van der Waals surface area contributed by atoms with Gasteiger partial charge < -0.3 is 14.6 Å². The lowest BCUT2D eigenvalue weighted by Gasteiger charge is -2.17. The van der Waals surface area contributed by atoms with Gasteiger partial charge in [-0.1, -0.05) is 6.92 Å². The maximum absolute atomic E-state index is 12.3. The van der Waals surface area contributed by atoms with Crippen LogP contribution in [0, 0.1) is 0 Å². The van der Waals surface area contributed by atoms with Crippen LogP contribution in [0.3, 0.4) is 0 Å². The van der Waals surface area contributed by atoms with E-state index < -0.39 is 22.0 Å². The highest BCUT2D eigenvalue weighted by Crippen LogP contribution is 2.28. The molecule has 1 aromatic rings. The van der Waals surface area contributed by atoms with Gasteiger partial charge in [-0.2, -0.15) is 0 Å². The molecular weight excluding hydrogens is 298 g/mol. The van der Waals surface area contributed by atoms with Gasteiger partial charge in [-0.05, 0) is 18.6 Å². The summed E-state index contributed by atoms with van der Waals surface area (Å²) in [6, 6.07) is 3.62. The molecule has 0 amide bonds. The first kappa shape index (κ1) is 17.3. The molecule has 0 radical (unpaired) electrons. The first-order chi connectivity index (χ1) is 9.83. The van der Waals surface area contributed by atoms with Crippen molar-refractivity contribution in [3.8, 4) is 11.5 Å². The van der Waals surface area contributed by atoms with Gasteiger partial charge in [-0.3, -0.25) is 4.79 Å². The quantitative estimate of drug-likeness (QED) is 0.748. The second kappa shape index (κ2) is 7.28. The summed E-state index contributed by atoms with van der Waals surface area (Å²) in [6.07, 6.45) is 0.0815. The van der Waals surface area contributed by atoms with E-state index in [0.29, 0.717) is 12.2 Å². The molecule has 1 rings (SSSR count). The monoisotopic (exact) mass is 317 g/mol. The number of hydrogen-bond donors (Lipinski definition) is 2. The van der Waals surface area contributed by atoms with Gasteiger partial charge in [0, 0.05) is 12.1 Å². The van der Waals surface area contributed by atoms with E-state index in [0.717, 1.165) is 0 Å². The highest BCUT2D eigenvalue weighted by molar-refractivity contribution is 7.89. The van der Waals surface area contributed by atoms with E-state index in [4.69, 9.17) is 14.6 Å². The molecule has 1 atom stereocenters. The average molecular weight is 317 g/mol. The minimum absolute atomic E-state index is 0.0605. The van der Waals surface area contributed by atoms with Crippen LogP contribution in [-0.2, 0) is 14.8 Å². The Morgan fingerprint density at radius 2 is 2.00 bits per heavy atom. The van der Waals surface area contributed by atoms with Gasteiger partial charge in [0.2, 0.25) is 10.0 Å². The van der Waals surface area contributed by atoms with Crippen LogP contribution in [0.15, 0.2) is 23.1 Å². The van der Waals surface area contributed by atoms with Gasteiger partial charge in [0.15, 0.2) is 0 Å². The number of sulfonamides is 1. The third-order valence-corrected chi connectivity index (χ3v) is 4.46. The summed E-state index contributed by atoms with van der Waals surface area (Å²) >= 11 is 0. The lowest BCUT2D eigenvalue weighted by atomic mass is 10.2. The molecular formula is C13H19NO6S. The van der Waals surface area contributed by atoms with Crippen LogP contribution in [0.25, 0.3) is 0 Å². The van der Waals surface area contributed by atoms with Crippen molar-refractivity contribution in [2.45, 2.75) is 30.7 Å². The predicted molar refractivity (Wildman–Crippen MR) is 76.2 cm³/mol. The molecule has 0 heterocycles. The number of nitrogens with one attached hydrogen (secondary N) is 1. The van der Waals surface area contributed by atoms with E-state index in [1.807, 2.05) is 0 Å². The largest absolute Gasteiger partial charge is 0.497 e. The summed E-state index contributed by atoms with van der Waals surface area (Å²) in [4.78, 5) is 10.7. The number of aliphatic carboxylic acids is 1. The van der Waals surface area contributed by atoms with Crippen molar-refractivity contribution in [2.75, 3.05) is 14.2 Å². The third-order valence-electron chi connectivity index (χ3n) is 2.90. The molecule has 0 aliphatic heterocycles. The van der Waals surface area contributed by atoms with Crippen molar-refractivity contribution in [1.82, 2.24) is 4.72 Å². The van der Waals surface area contributed by atoms with Crippen molar-refractivity contribution >= 4 is 16.0 Å². The standard InChI is InChI=1S/C13H19NO6S/c1-4-9(7-13(15)16)14-21(17,18)12-6-5-10(19-2)8-11(12)20-3/h5-6,8-9,14H,4,7H2,1-3H3,(H,15,16). The van der Waals surface area contributed by atoms with Crippen molar-refractivity contribution in [3.05, 3.63) is 18.2 Å². The molecule has 0 aliphatic rings. The van der Waals surface area contributed by atoms with E-state index >= 15 is 0 Å². The molecule has 1 aromatic carbocycles. The molecule has 0 fully saturated rings. The molecule has 7 nitrogen and oxygen atoms in total. The molecule has 8 heteroatoms. The van der Waals surface area contributed by atoms with Gasteiger partial charge in [-0.15, -0.1) is 0 Å². The van der Waals surface area contributed by atoms with Gasteiger partial charge >= 0.3 is 5.97 Å². The maximum Gasteiger partial charge on any atom is 0.304 e. The van der Waals surface area contributed by atoms with E-state index in [9.17, 15) is 13.2 Å². The minimum Gasteiger partial charge on any atom is -0.497 e. The Labute approximate surface area is 123 Å².